The molecule has 0 saturated heterocycles. The standard InChI is InChI=1S/C39H21N5/c40-22-25-16-18-38-31(20-25)32-21-26(23-41)17-19-39(32)44(38)37-15-7-11-27(33(37)24-42)28-8-1-4-12-34(28)43-35-13-5-2-9-29(35)30-10-3-6-14-36(30)43/h1-21H. The Kier molecular flexibility index (Phi) is 5.56. The van der Waals surface area contributed by atoms with Crippen LogP contribution in [0.2, 0.25) is 0 Å². The van der Waals surface area contributed by atoms with E-state index in [1.807, 2.05) is 54.6 Å². The fourth-order valence-corrected chi connectivity index (χ4v) is 6.57. The summed E-state index contributed by atoms with van der Waals surface area (Å²) in [6, 6.07) is 49.1. The minimum absolute atomic E-state index is 0.535. The molecule has 0 spiro atoms. The zero-order valence-electron chi connectivity index (χ0n) is 23.4. The number of aromatic nitrogens is 2. The van der Waals surface area contributed by atoms with Gasteiger partial charge in [-0.15, -0.1) is 0 Å². The molecule has 0 atom stereocenters. The topological polar surface area (TPSA) is 81.2 Å². The van der Waals surface area contributed by atoms with Gasteiger partial charge in [-0.2, -0.15) is 15.8 Å². The highest BCUT2D eigenvalue weighted by Crippen LogP contribution is 2.40. The van der Waals surface area contributed by atoms with Gasteiger partial charge in [-0.1, -0.05) is 66.7 Å². The van der Waals surface area contributed by atoms with Crippen molar-refractivity contribution in [3.05, 3.63) is 144 Å². The van der Waals surface area contributed by atoms with Crippen LogP contribution >= 0.6 is 0 Å². The van der Waals surface area contributed by atoms with E-state index in [-0.39, 0.29) is 0 Å². The van der Waals surface area contributed by atoms with E-state index in [1.165, 1.54) is 10.8 Å². The zero-order chi connectivity index (χ0) is 29.8. The number of hydrogen-bond acceptors (Lipinski definition) is 3. The van der Waals surface area contributed by atoms with Gasteiger partial charge in [0, 0.05) is 32.7 Å². The molecule has 8 aromatic rings. The van der Waals surface area contributed by atoms with Crippen molar-refractivity contribution in [1.29, 1.82) is 15.8 Å². The number of nitrogens with zero attached hydrogens (tertiary/aromatic N) is 5. The van der Waals surface area contributed by atoms with Crippen molar-refractivity contribution in [3.63, 3.8) is 0 Å². The summed E-state index contributed by atoms with van der Waals surface area (Å²) in [5.74, 6) is 0. The highest BCUT2D eigenvalue weighted by molar-refractivity contribution is 6.11. The molecule has 0 radical (unpaired) electrons. The zero-order valence-corrected chi connectivity index (χ0v) is 23.4. The van der Waals surface area contributed by atoms with Gasteiger partial charge < -0.3 is 9.13 Å². The van der Waals surface area contributed by atoms with Crippen LogP contribution in [0.1, 0.15) is 16.7 Å². The Bertz CT molecular complexity index is 2470. The van der Waals surface area contributed by atoms with Crippen LogP contribution < -0.4 is 0 Å². The van der Waals surface area contributed by atoms with Gasteiger partial charge in [0.15, 0.2) is 0 Å². The largest absolute Gasteiger partial charge is 0.309 e. The van der Waals surface area contributed by atoms with Crippen molar-refractivity contribution in [2.75, 3.05) is 0 Å². The number of nitriles is 3. The Morgan fingerprint density at radius 1 is 0.386 bits per heavy atom. The summed E-state index contributed by atoms with van der Waals surface area (Å²) >= 11 is 0. The molecule has 0 aliphatic heterocycles. The lowest BCUT2D eigenvalue weighted by Gasteiger charge is -2.17. The van der Waals surface area contributed by atoms with E-state index in [4.69, 9.17) is 0 Å². The molecule has 0 aliphatic rings. The maximum atomic E-state index is 10.8. The van der Waals surface area contributed by atoms with Gasteiger partial charge in [0.05, 0.1) is 62.3 Å². The molecule has 6 aromatic carbocycles. The summed E-state index contributed by atoms with van der Waals surface area (Å²) < 4.78 is 4.35. The van der Waals surface area contributed by atoms with Crippen LogP contribution in [0.4, 0.5) is 0 Å². The lowest BCUT2D eigenvalue weighted by Crippen LogP contribution is -2.02. The Morgan fingerprint density at radius 3 is 1.45 bits per heavy atom. The molecular weight excluding hydrogens is 538 g/mol. The molecule has 8 rings (SSSR count). The Balaban J connectivity index is 1.44. The summed E-state index contributed by atoms with van der Waals surface area (Å²) in [7, 11) is 0. The summed E-state index contributed by atoms with van der Waals surface area (Å²) in [6.45, 7) is 0. The maximum Gasteiger partial charge on any atom is 0.102 e. The van der Waals surface area contributed by atoms with Gasteiger partial charge in [-0.25, -0.2) is 0 Å². The van der Waals surface area contributed by atoms with Gasteiger partial charge >= 0.3 is 0 Å². The molecule has 2 aromatic heterocycles. The van der Waals surface area contributed by atoms with E-state index in [0.29, 0.717) is 16.7 Å². The Labute approximate surface area is 252 Å². The van der Waals surface area contributed by atoms with E-state index >= 15 is 0 Å². The number of hydrogen-bond donors (Lipinski definition) is 0. The van der Waals surface area contributed by atoms with Crippen molar-refractivity contribution in [1.82, 2.24) is 9.13 Å². The predicted octanol–water partition coefficient (Wildman–Crippen LogP) is 9.16. The van der Waals surface area contributed by atoms with Crippen LogP contribution in [0.5, 0.6) is 0 Å². The number of para-hydroxylation sites is 3. The normalized spacial score (nSPS) is 11.1. The van der Waals surface area contributed by atoms with Gasteiger partial charge in [-0.3, -0.25) is 0 Å². The molecule has 0 bridgehead atoms. The lowest BCUT2D eigenvalue weighted by atomic mass is 9.96. The number of benzene rings is 6. The molecule has 0 amide bonds. The summed E-state index contributed by atoms with van der Waals surface area (Å²) in [5.41, 5.74) is 9.00. The second-order valence-corrected chi connectivity index (χ2v) is 10.7. The summed E-state index contributed by atoms with van der Waals surface area (Å²) in [5, 5.41) is 34.1. The Hall–Kier alpha value is -6.61. The van der Waals surface area contributed by atoms with Crippen molar-refractivity contribution in [2.45, 2.75) is 0 Å². The minimum atomic E-state index is 0.535. The number of fused-ring (bicyclic) bond motifs is 6. The average Bonchev–Trinajstić information content (AvgIpc) is 3.59. The molecule has 5 nitrogen and oxygen atoms in total. The smallest absolute Gasteiger partial charge is 0.102 e. The minimum Gasteiger partial charge on any atom is -0.309 e. The van der Waals surface area contributed by atoms with Gasteiger partial charge in [0.2, 0.25) is 0 Å². The lowest BCUT2D eigenvalue weighted by molar-refractivity contribution is 1.16. The van der Waals surface area contributed by atoms with Crippen molar-refractivity contribution < 1.29 is 0 Å². The first kappa shape index (κ1) is 25.1. The molecule has 0 aliphatic carbocycles. The quantitative estimate of drug-likeness (QED) is 0.216. The fourth-order valence-electron chi connectivity index (χ4n) is 6.57. The molecule has 0 fully saturated rings. The monoisotopic (exact) mass is 559 g/mol. The first-order chi connectivity index (χ1) is 21.7. The first-order valence-electron chi connectivity index (χ1n) is 14.2. The van der Waals surface area contributed by atoms with Crippen LogP contribution in [0.3, 0.4) is 0 Å². The molecule has 2 heterocycles. The molecule has 0 unspecified atom stereocenters. The molecule has 202 valence electrons. The van der Waals surface area contributed by atoms with E-state index in [2.05, 4.69) is 88.0 Å². The van der Waals surface area contributed by atoms with Crippen LogP contribution in [-0.4, -0.2) is 9.13 Å². The third-order valence-corrected chi connectivity index (χ3v) is 8.43. The second-order valence-electron chi connectivity index (χ2n) is 10.7. The molecular formula is C39H21N5. The molecule has 0 N–H and O–H groups in total. The van der Waals surface area contributed by atoms with Gasteiger partial charge in [0.1, 0.15) is 6.07 Å². The number of rotatable bonds is 3. The molecule has 5 heteroatoms. The molecule has 0 saturated carbocycles. The van der Waals surface area contributed by atoms with Crippen LogP contribution in [0.25, 0.3) is 66.1 Å². The third-order valence-electron chi connectivity index (χ3n) is 8.43. The Morgan fingerprint density at radius 2 is 0.864 bits per heavy atom. The van der Waals surface area contributed by atoms with E-state index < -0.39 is 0 Å². The maximum absolute atomic E-state index is 10.8. The highest BCUT2D eigenvalue weighted by atomic mass is 15.0. The van der Waals surface area contributed by atoms with Gasteiger partial charge in [-0.05, 0) is 60.7 Å². The van der Waals surface area contributed by atoms with Crippen molar-refractivity contribution in [2.24, 2.45) is 0 Å². The average molecular weight is 560 g/mol. The van der Waals surface area contributed by atoms with E-state index in [0.717, 1.165) is 55.3 Å². The summed E-state index contributed by atoms with van der Waals surface area (Å²) in [4.78, 5) is 0. The summed E-state index contributed by atoms with van der Waals surface area (Å²) in [6.07, 6.45) is 0. The molecule has 44 heavy (non-hydrogen) atoms. The predicted molar refractivity (Wildman–Crippen MR) is 175 cm³/mol. The van der Waals surface area contributed by atoms with E-state index in [9.17, 15) is 15.8 Å². The third kappa shape index (κ3) is 3.56. The second kappa shape index (κ2) is 9.74. The SMILES string of the molecule is N#Cc1ccc2c(c1)c1cc(C#N)ccc1n2-c1cccc(-c2ccccc2-n2c3ccccc3c3ccccc32)c1C#N. The van der Waals surface area contributed by atoms with Crippen molar-refractivity contribution >= 4 is 43.6 Å². The van der Waals surface area contributed by atoms with Crippen LogP contribution in [0, 0.1) is 34.0 Å². The highest BCUT2D eigenvalue weighted by Gasteiger charge is 2.21. The van der Waals surface area contributed by atoms with E-state index in [1.54, 1.807) is 12.1 Å². The van der Waals surface area contributed by atoms with Crippen molar-refractivity contribution in [3.8, 4) is 40.7 Å². The first-order valence-corrected chi connectivity index (χ1v) is 14.2. The van der Waals surface area contributed by atoms with Crippen LogP contribution in [-0.2, 0) is 0 Å². The van der Waals surface area contributed by atoms with Crippen LogP contribution in [0.15, 0.2) is 127 Å². The fraction of sp³-hybridized carbons (Fsp3) is 0. The van der Waals surface area contributed by atoms with Gasteiger partial charge in [0.25, 0.3) is 0 Å².